The van der Waals surface area contributed by atoms with Gasteiger partial charge in [-0.25, -0.2) is 0 Å². The Morgan fingerprint density at radius 3 is 2.55 bits per heavy atom. The van der Waals surface area contributed by atoms with Crippen LogP contribution in [0.5, 0.6) is 5.75 Å². The summed E-state index contributed by atoms with van der Waals surface area (Å²) >= 11 is 12.1. The van der Waals surface area contributed by atoms with Crippen LogP contribution in [0.3, 0.4) is 0 Å². The largest absolute Gasteiger partial charge is 0.476 e. The van der Waals surface area contributed by atoms with Crippen molar-refractivity contribution in [1.82, 2.24) is 0 Å². The Bertz CT molecular complexity index is 743. The number of anilines is 1. The summed E-state index contributed by atoms with van der Waals surface area (Å²) in [5.41, 5.74) is 0.709. The van der Waals surface area contributed by atoms with Crippen LogP contribution < -0.4 is 9.64 Å². The predicted octanol–water partition coefficient (Wildman–Crippen LogP) is 4.70. The van der Waals surface area contributed by atoms with Gasteiger partial charge in [0.15, 0.2) is 5.60 Å². The molecule has 0 fully saturated rings. The highest BCUT2D eigenvalue weighted by Crippen LogP contribution is 2.40. The van der Waals surface area contributed by atoms with Crippen LogP contribution in [-0.2, 0) is 11.3 Å². The van der Waals surface area contributed by atoms with Crippen LogP contribution in [0.4, 0.5) is 5.69 Å². The lowest BCUT2D eigenvalue weighted by atomic mass is 10.0. The number of benzene rings is 2. The minimum atomic E-state index is -0.917. The maximum atomic E-state index is 12.7. The van der Waals surface area contributed by atoms with Gasteiger partial charge >= 0.3 is 0 Å². The molecule has 0 saturated heterocycles. The summed E-state index contributed by atoms with van der Waals surface area (Å²) in [4.78, 5) is 14.4. The molecule has 0 spiro atoms. The second-order valence-corrected chi connectivity index (χ2v) is 6.62. The Kier molecular flexibility index (Phi) is 3.79. The van der Waals surface area contributed by atoms with Crippen molar-refractivity contribution in [3.8, 4) is 5.75 Å². The standard InChI is InChI=1S/C17H15Cl2NO2/c1-17(2)16(21)20(10-11-4-3-5-12(18)8-11)14-9-13(19)6-7-15(14)22-17/h3-9H,10H2,1-2H3. The van der Waals surface area contributed by atoms with Crippen LogP contribution in [-0.4, -0.2) is 11.5 Å². The number of carbonyl (C=O) groups excluding carboxylic acids is 1. The minimum Gasteiger partial charge on any atom is -0.476 e. The predicted molar refractivity (Wildman–Crippen MR) is 88.8 cm³/mol. The molecule has 0 unspecified atom stereocenters. The Hall–Kier alpha value is -1.71. The van der Waals surface area contributed by atoms with E-state index >= 15 is 0 Å². The van der Waals surface area contributed by atoms with Crippen molar-refractivity contribution < 1.29 is 9.53 Å². The maximum Gasteiger partial charge on any atom is 0.271 e. The molecule has 0 aliphatic carbocycles. The first kappa shape index (κ1) is 15.2. The number of hydrogen-bond acceptors (Lipinski definition) is 2. The van der Waals surface area contributed by atoms with Crippen molar-refractivity contribution in [2.75, 3.05) is 4.90 Å². The van der Waals surface area contributed by atoms with Crippen LogP contribution in [0.15, 0.2) is 42.5 Å². The zero-order valence-corrected chi connectivity index (χ0v) is 13.8. The number of ether oxygens (including phenoxy) is 1. The molecule has 0 N–H and O–H groups in total. The number of carbonyl (C=O) groups is 1. The fourth-order valence-corrected chi connectivity index (χ4v) is 2.89. The summed E-state index contributed by atoms with van der Waals surface area (Å²) in [6, 6.07) is 12.7. The molecule has 22 heavy (non-hydrogen) atoms. The quantitative estimate of drug-likeness (QED) is 0.796. The fourth-order valence-electron chi connectivity index (χ4n) is 2.52. The van der Waals surface area contributed by atoms with Crippen molar-refractivity contribution in [3.05, 3.63) is 58.1 Å². The van der Waals surface area contributed by atoms with Crippen molar-refractivity contribution in [1.29, 1.82) is 0 Å². The zero-order valence-electron chi connectivity index (χ0n) is 12.3. The van der Waals surface area contributed by atoms with E-state index < -0.39 is 5.60 Å². The summed E-state index contributed by atoms with van der Waals surface area (Å²) < 4.78 is 5.80. The number of rotatable bonds is 2. The molecule has 114 valence electrons. The summed E-state index contributed by atoms with van der Waals surface area (Å²) in [5, 5.41) is 1.20. The third-order valence-corrected chi connectivity index (χ3v) is 4.04. The first-order chi connectivity index (χ1) is 10.4. The molecule has 1 aliphatic heterocycles. The van der Waals surface area contributed by atoms with Gasteiger partial charge in [0.25, 0.3) is 5.91 Å². The zero-order chi connectivity index (χ0) is 15.9. The Morgan fingerprint density at radius 2 is 1.82 bits per heavy atom. The van der Waals surface area contributed by atoms with Crippen LogP contribution in [0.2, 0.25) is 10.0 Å². The molecule has 1 heterocycles. The molecule has 1 aliphatic rings. The van der Waals surface area contributed by atoms with Crippen molar-refractivity contribution in [2.45, 2.75) is 26.0 Å². The van der Waals surface area contributed by atoms with Gasteiger partial charge in [-0.15, -0.1) is 0 Å². The molecular weight excluding hydrogens is 321 g/mol. The van der Waals surface area contributed by atoms with E-state index in [1.807, 2.05) is 18.2 Å². The van der Waals surface area contributed by atoms with E-state index in [1.165, 1.54) is 0 Å². The summed E-state index contributed by atoms with van der Waals surface area (Å²) in [5.74, 6) is 0.540. The van der Waals surface area contributed by atoms with E-state index in [0.717, 1.165) is 5.56 Å². The molecule has 2 aromatic rings. The Labute approximate surface area is 139 Å². The van der Waals surface area contributed by atoms with Crippen molar-refractivity contribution in [2.24, 2.45) is 0 Å². The minimum absolute atomic E-state index is 0.109. The highest BCUT2D eigenvalue weighted by atomic mass is 35.5. The smallest absolute Gasteiger partial charge is 0.271 e. The lowest BCUT2D eigenvalue weighted by Crippen LogP contribution is -2.52. The van der Waals surface area contributed by atoms with Crippen LogP contribution in [0.25, 0.3) is 0 Å². The van der Waals surface area contributed by atoms with Crippen LogP contribution in [0, 0.1) is 0 Å². The highest BCUT2D eigenvalue weighted by molar-refractivity contribution is 6.31. The highest BCUT2D eigenvalue weighted by Gasteiger charge is 2.40. The van der Waals surface area contributed by atoms with E-state index in [2.05, 4.69) is 0 Å². The summed E-state index contributed by atoms with van der Waals surface area (Å²) in [7, 11) is 0. The molecule has 0 aromatic heterocycles. The number of nitrogens with zero attached hydrogens (tertiary/aromatic N) is 1. The van der Waals surface area contributed by atoms with Gasteiger partial charge in [0.1, 0.15) is 5.75 Å². The molecule has 5 heteroatoms. The Morgan fingerprint density at radius 1 is 1.09 bits per heavy atom. The first-order valence-electron chi connectivity index (χ1n) is 6.92. The van der Waals surface area contributed by atoms with Crippen LogP contribution >= 0.6 is 23.2 Å². The molecule has 0 radical (unpaired) electrons. The van der Waals surface area contributed by atoms with Crippen molar-refractivity contribution in [3.63, 3.8) is 0 Å². The molecule has 3 rings (SSSR count). The summed E-state index contributed by atoms with van der Waals surface area (Å²) in [6.07, 6.45) is 0. The molecule has 0 bridgehead atoms. The monoisotopic (exact) mass is 335 g/mol. The topological polar surface area (TPSA) is 29.5 Å². The third-order valence-electron chi connectivity index (χ3n) is 3.57. The second-order valence-electron chi connectivity index (χ2n) is 5.75. The van der Waals surface area contributed by atoms with Gasteiger partial charge in [-0.05, 0) is 49.7 Å². The van der Waals surface area contributed by atoms with Gasteiger partial charge in [-0.1, -0.05) is 35.3 Å². The number of fused-ring (bicyclic) bond motifs is 1. The van der Waals surface area contributed by atoms with Gasteiger partial charge < -0.3 is 9.64 Å². The van der Waals surface area contributed by atoms with E-state index in [4.69, 9.17) is 27.9 Å². The van der Waals surface area contributed by atoms with Crippen molar-refractivity contribution >= 4 is 34.8 Å². The molecule has 1 amide bonds. The Balaban J connectivity index is 2.04. The number of halogens is 2. The molecular formula is C17H15Cl2NO2. The van der Waals surface area contributed by atoms with Gasteiger partial charge in [0.05, 0.1) is 12.2 Å². The average molecular weight is 336 g/mol. The van der Waals surface area contributed by atoms with Gasteiger partial charge in [-0.2, -0.15) is 0 Å². The fraction of sp³-hybridized carbons (Fsp3) is 0.235. The molecule has 2 aromatic carbocycles. The third kappa shape index (κ3) is 2.79. The van der Waals surface area contributed by atoms with Gasteiger partial charge in [0.2, 0.25) is 0 Å². The first-order valence-corrected chi connectivity index (χ1v) is 7.67. The normalized spacial score (nSPS) is 16.2. The lowest BCUT2D eigenvalue weighted by Gasteiger charge is -2.39. The van der Waals surface area contributed by atoms with E-state index in [0.29, 0.717) is 28.0 Å². The maximum absolute atomic E-state index is 12.7. The van der Waals surface area contributed by atoms with Crippen LogP contribution in [0.1, 0.15) is 19.4 Å². The average Bonchev–Trinajstić information content (AvgIpc) is 2.45. The van der Waals surface area contributed by atoms with E-state index in [-0.39, 0.29) is 5.91 Å². The molecule has 0 saturated carbocycles. The lowest BCUT2D eigenvalue weighted by molar-refractivity contribution is -0.132. The molecule has 0 atom stereocenters. The van der Waals surface area contributed by atoms with Gasteiger partial charge in [0, 0.05) is 10.0 Å². The SMILES string of the molecule is CC1(C)Oc2ccc(Cl)cc2N(Cc2cccc(Cl)c2)C1=O. The van der Waals surface area contributed by atoms with Gasteiger partial charge in [-0.3, -0.25) is 4.79 Å². The molecule has 3 nitrogen and oxygen atoms in total. The number of amides is 1. The second kappa shape index (κ2) is 5.49. The van der Waals surface area contributed by atoms with E-state index in [9.17, 15) is 4.79 Å². The summed E-state index contributed by atoms with van der Waals surface area (Å²) in [6.45, 7) is 3.94. The number of hydrogen-bond donors (Lipinski definition) is 0. The van der Waals surface area contributed by atoms with E-state index in [1.54, 1.807) is 43.0 Å².